The van der Waals surface area contributed by atoms with E-state index in [0.29, 0.717) is 11.2 Å². The Kier molecular flexibility index (Phi) is 3.52. The van der Waals surface area contributed by atoms with E-state index in [2.05, 4.69) is 20.8 Å². The molecule has 1 saturated carbocycles. The zero-order valence-electron chi connectivity index (χ0n) is 9.23. The van der Waals surface area contributed by atoms with Gasteiger partial charge in [0.15, 0.2) is 0 Å². The van der Waals surface area contributed by atoms with Crippen molar-refractivity contribution in [3.05, 3.63) is 0 Å². The Labute approximate surface area is 81.9 Å². The van der Waals surface area contributed by atoms with Crippen LogP contribution in [0, 0.1) is 11.3 Å². The van der Waals surface area contributed by atoms with Gasteiger partial charge >= 0.3 is 0 Å². The molecule has 0 amide bonds. The van der Waals surface area contributed by atoms with Gasteiger partial charge in [-0.3, -0.25) is 4.79 Å². The molecule has 0 aromatic carbocycles. The van der Waals surface area contributed by atoms with Gasteiger partial charge in [0.25, 0.3) is 0 Å². The molecule has 0 saturated heterocycles. The van der Waals surface area contributed by atoms with Gasteiger partial charge in [-0.05, 0) is 30.6 Å². The third-order valence-electron chi connectivity index (χ3n) is 3.19. The molecule has 1 nitrogen and oxygen atoms in total. The fourth-order valence-corrected chi connectivity index (χ4v) is 2.22. The largest absolute Gasteiger partial charge is 0.300 e. The van der Waals surface area contributed by atoms with E-state index in [9.17, 15) is 4.79 Å². The molecule has 1 atom stereocenters. The summed E-state index contributed by atoms with van der Waals surface area (Å²) in [4.78, 5) is 11.3. The van der Waals surface area contributed by atoms with Gasteiger partial charge in [-0.1, -0.05) is 27.2 Å². The monoisotopic (exact) mass is 182 g/mol. The number of hydrogen-bond donors (Lipinski definition) is 0. The summed E-state index contributed by atoms with van der Waals surface area (Å²) in [5.41, 5.74) is 0.333. The molecule has 1 heteroatoms. The van der Waals surface area contributed by atoms with Crippen molar-refractivity contribution >= 4 is 5.78 Å². The van der Waals surface area contributed by atoms with Gasteiger partial charge < -0.3 is 0 Å². The first kappa shape index (κ1) is 10.7. The lowest BCUT2D eigenvalue weighted by atomic mass is 9.71. The van der Waals surface area contributed by atoms with Gasteiger partial charge in [-0.25, -0.2) is 0 Å². The third-order valence-corrected chi connectivity index (χ3v) is 3.19. The molecule has 0 heterocycles. The highest BCUT2D eigenvalue weighted by molar-refractivity contribution is 5.79. The van der Waals surface area contributed by atoms with Crippen LogP contribution in [0.25, 0.3) is 0 Å². The number of Topliss-reactive ketones (excluding diaryl/α,β-unsaturated/α-hetero) is 1. The molecular formula is C12H22O. The standard InChI is InChI=1S/C12H22O/c1-10(2)6-8-12(3)7-4-5-11(13)9-12/h10H,4-9H2,1-3H3/t12-/m0/s1. The van der Waals surface area contributed by atoms with E-state index < -0.39 is 0 Å². The number of carbonyl (C=O) groups is 1. The van der Waals surface area contributed by atoms with E-state index in [0.717, 1.165) is 25.2 Å². The molecule has 1 aliphatic rings. The van der Waals surface area contributed by atoms with E-state index in [4.69, 9.17) is 0 Å². The van der Waals surface area contributed by atoms with Crippen molar-refractivity contribution in [2.45, 2.75) is 59.3 Å². The first-order valence-electron chi connectivity index (χ1n) is 5.53. The molecule has 0 aromatic heterocycles. The van der Waals surface area contributed by atoms with Crippen molar-refractivity contribution in [1.29, 1.82) is 0 Å². The third kappa shape index (κ3) is 3.50. The predicted octanol–water partition coefficient (Wildman–Crippen LogP) is 3.57. The molecule has 1 rings (SSSR count). The van der Waals surface area contributed by atoms with Gasteiger partial charge in [0.05, 0.1) is 0 Å². The van der Waals surface area contributed by atoms with Gasteiger partial charge in [0.2, 0.25) is 0 Å². The Morgan fingerprint density at radius 1 is 1.46 bits per heavy atom. The lowest BCUT2D eigenvalue weighted by Gasteiger charge is -2.33. The molecule has 0 spiro atoms. The lowest BCUT2D eigenvalue weighted by Crippen LogP contribution is -2.26. The second kappa shape index (κ2) is 4.26. The summed E-state index contributed by atoms with van der Waals surface area (Å²) in [6, 6.07) is 0. The van der Waals surface area contributed by atoms with Crippen molar-refractivity contribution in [2.24, 2.45) is 11.3 Å². The van der Waals surface area contributed by atoms with Crippen LogP contribution in [0.2, 0.25) is 0 Å². The summed E-state index contributed by atoms with van der Waals surface area (Å²) in [5, 5.41) is 0. The zero-order valence-corrected chi connectivity index (χ0v) is 9.23. The molecule has 0 N–H and O–H groups in total. The Hall–Kier alpha value is -0.330. The van der Waals surface area contributed by atoms with Gasteiger partial charge in [0.1, 0.15) is 5.78 Å². The molecule has 0 unspecified atom stereocenters. The van der Waals surface area contributed by atoms with Gasteiger partial charge in [0, 0.05) is 12.8 Å². The average molecular weight is 182 g/mol. The highest BCUT2D eigenvalue weighted by Crippen LogP contribution is 2.38. The average Bonchev–Trinajstić information content (AvgIpc) is 2.01. The van der Waals surface area contributed by atoms with Crippen molar-refractivity contribution in [3.8, 4) is 0 Å². The number of hydrogen-bond acceptors (Lipinski definition) is 1. The fourth-order valence-electron chi connectivity index (χ4n) is 2.22. The molecule has 0 aliphatic heterocycles. The Balaban J connectivity index is 2.40. The summed E-state index contributed by atoms with van der Waals surface area (Å²) >= 11 is 0. The maximum atomic E-state index is 11.3. The first-order valence-corrected chi connectivity index (χ1v) is 5.53. The quantitative estimate of drug-likeness (QED) is 0.652. The number of rotatable bonds is 3. The Bertz CT molecular complexity index is 184. The zero-order chi connectivity index (χ0) is 9.90. The molecule has 1 fully saturated rings. The lowest BCUT2D eigenvalue weighted by molar-refractivity contribution is -0.123. The van der Waals surface area contributed by atoms with E-state index in [-0.39, 0.29) is 0 Å². The van der Waals surface area contributed by atoms with Crippen molar-refractivity contribution in [3.63, 3.8) is 0 Å². The molecule has 13 heavy (non-hydrogen) atoms. The minimum absolute atomic E-state index is 0.333. The first-order chi connectivity index (χ1) is 6.02. The van der Waals surface area contributed by atoms with Gasteiger partial charge in [-0.2, -0.15) is 0 Å². The number of ketones is 1. The van der Waals surface area contributed by atoms with Crippen LogP contribution in [-0.4, -0.2) is 5.78 Å². The highest BCUT2D eigenvalue weighted by atomic mass is 16.1. The van der Waals surface area contributed by atoms with Crippen LogP contribution < -0.4 is 0 Å². The Morgan fingerprint density at radius 2 is 2.15 bits per heavy atom. The summed E-state index contributed by atoms with van der Waals surface area (Å²) in [5.74, 6) is 1.26. The summed E-state index contributed by atoms with van der Waals surface area (Å²) in [6.07, 6.45) is 6.54. The SMILES string of the molecule is CC(C)CC[C@]1(C)CCCC(=O)C1. The molecular weight excluding hydrogens is 160 g/mol. The van der Waals surface area contributed by atoms with E-state index in [1.54, 1.807) is 0 Å². The van der Waals surface area contributed by atoms with Gasteiger partial charge in [-0.15, -0.1) is 0 Å². The van der Waals surface area contributed by atoms with Crippen LogP contribution in [-0.2, 0) is 4.79 Å². The fraction of sp³-hybridized carbons (Fsp3) is 0.917. The second-order valence-corrected chi connectivity index (χ2v) is 5.31. The predicted molar refractivity (Wildman–Crippen MR) is 55.7 cm³/mol. The minimum Gasteiger partial charge on any atom is -0.300 e. The van der Waals surface area contributed by atoms with E-state index >= 15 is 0 Å². The summed E-state index contributed by atoms with van der Waals surface area (Å²) in [6.45, 7) is 6.80. The van der Waals surface area contributed by atoms with E-state index in [1.807, 2.05) is 0 Å². The molecule has 76 valence electrons. The topological polar surface area (TPSA) is 17.1 Å². The molecule has 0 aromatic rings. The Morgan fingerprint density at radius 3 is 2.69 bits per heavy atom. The van der Waals surface area contributed by atoms with Crippen LogP contribution >= 0.6 is 0 Å². The van der Waals surface area contributed by atoms with Crippen molar-refractivity contribution in [2.75, 3.05) is 0 Å². The maximum absolute atomic E-state index is 11.3. The second-order valence-electron chi connectivity index (χ2n) is 5.31. The van der Waals surface area contributed by atoms with Crippen LogP contribution in [0.15, 0.2) is 0 Å². The van der Waals surface area contributed by atoms with Crippen LogP contribution in [0.3, 0.4) is 0 Å². The highest BCUT2D eigenvalue weighted by Gasteiger charge is 2.30. The molecule has 0 radical (unpaired) electrons. The minimum atomic E-state index is 0.333. The van der Waals surface area contributed by atoms with E-state index in [1.165, 1.54) is 19.3 Å². The summed E-state index contributed by atoms with van der Waals surface area (Å²) in [7, 11) is 0. The summed E-state index contributed by atoms with van der Waals surface area (Å²) < 4.78 is 0. The van der Waals surface area contributed by atoms with Crippen molar-refractivity contribution in [1.82, 2.24) is 0 Å². The smallest absolute Gasteiger partial charge is 0.133 e. The number of carbonyl (C=O) groups excluding carboxylic acids is 1. The van der Waals surface area contributed by atoms with Crippen LogP contribution in [0.5, 0.6) is 0 Å². The normalized spacial score (nSPS) is 29.7. The van der Waals surface area contributed by atoms with Crippen LogP contribution in [0.4, 0.5) is 0 Å². The molecule has 0 bridgehead atoms. The van der Waals surface area contributed by atoms with Crippen LogP contribution in [0.1, 0.15) is 59.3 Å². The maximum Gasteiger partial charge on any atom is 0.133 e. The molecule has 1 aliphatic carbocycles. The van der Waals surface area contributed by atoms with Crippen molar-refractivity contribution < 1.29 is 4.79 Å².